The van der Waals surface area contributed by atoms with Crippen molar-refractivity contribution in [3.63, 3.8) is 0 Å². The first-order chi connectivity index (χ1) is 8.08. The highest BCUT2D eigenvalue weighted by molar-refractivity contribution is 7.80. The predicted octanol–water partition coefficient (Wildman–Crippen LogP) is 0.605. The van der Waals surface area contributed by atoms with Gasteiger partial charge >= 0.3 is 0 Å². The van der Waals surface area contributed by atoms with Gasteiger partial charge in [0.25, 0.3) is 0 Å². The van der Waals surface area contributed by atoms with Crippen molar-refractivity contribution < 1.29 is 4.79 Å². The van der Waals surface area contributed by atoms with E-state index in [-0.39, 0.29) is 12.3 Å². The summed E-state index contributed by atoms with van der Waals surface area (Å²) >= 11 is 4.80. The molecule has 0 aromatic rings. The lowest BCUT2D eigenvalue weighted by Crippen LogP contribution is -2.54. The van der Waals surface area contributed by atoms with Gasteiger partial charge in [0.15, 0.2) is 0 Å². The number of nitrogens with zero attached hydrogens (tertiary/aromatic N) is 2. The van der Waals surface area contributed by atoms with E-state index in [1.165, 1.54) is 19.4 Å². The fourth-order valence-corrected chi connectivity index (χ4v) is 3.26. The number of amides is 1. The van der Waals surface area contributed by atoms with Crippen molar-refractivity contribution in [3.8, 4) is 0 Å². The van der Waals surface area contributed by atoms with Crippen LogP contribution >= 0.6 is 12.2 Å². The average molecular weight is 255 g/mol. The van der Waals surface area contributed by atoms with Crippen molar-refractivity contribution in [2.75, 3.05) is 26.7 Å². The third-order valence-electron chi connectivity index (χ3n) is 4.02. The lowest BCUT2D eigenvalue weighted by molar-refractivity contribution is -0.133. The van der Waals surface area contributed by atoms with E-state index in [9.17, 15) is 4.79 Å². The van der Waals surface area contributed by atoms with E-state index in [0.717, 1.165) is 19.5 Å². The quantitative estimate of drug-likeness (QED) is 0.734. The summed E-state index contributed by atoms with van der Waals surface area (Å²) in [5.74, 6) is 0.738. The van der Waals surface area contributed by atoms with E-state index >= 15 is 0 Å². The molecule has 0 aliphatic carbocycles. The molecule has 2 N–H and O–H groups in total. The second kappa shape index (κ2) is 5.31. The number of rotatable bonds is 2. The van der Waals surface area contributed by atoms with Gasteiger partial charge in [-0.2, -0.15) is 0 Å². The molecule has 0 radical (unpaired) electrons. The molecule has 2 saturated heterocycles. The van der Waals surface area contributed by atoms with Crippen molar-refractivity contribution in [1.82, 2.24) is 9.80 Å². The molecule has 5 heteroatoms. The number of hydrogen-bond acceptors (Lipinski definition) is 3. The molecule has 2 heterocycles. The zero-order valence-electron chi connectivity index (χ0n) is 10.4. The molecular weight excluding hydrogens is 234 g/mol. The third-order valence-corrected chi connectivity index (χ3v) is 4.17. The number of carbonyl (C=O) groups is 1. The second-order valence-electron chi connectivity index (χ2n) is 5.22. The van der Waals surface area contributed by atoms with Crippen molar-refractivity contribution in [3.05, 3.63) is 0 Å². The summed E-state index contributed by atoms with van der Waals surface area (Å²) < 4.78 is 0. The molecule has 2 unspecified atom stereocenters. The van der Waals surface area contributed by atoms with Crippen LogP contribution in [-0.4, -0.2) is 53.4 Å². The largest absolute Gasteiger partial charge is 0.393 e. The Morgan fingerprint density at radius 2 is 2.18 bits per heavy atom. The van der Waals surface area contributed by atoms with Gasteiger partial charge in [-0.05, 0) is 38.8 Å². The molecule has 2 aliphatic rings. The summed E-state index contributed by atoms with van der Waals surface area (Å²) in [6.07, 6.45) is 3.80. The molecule has 17 heavy (non-hydrogen) atoms. The molecule has 4 nitrogen and oxygen atoms in total. The molecular formula is C12H21N3OS. The van der Waals surface area contributed by atoms with Crippen LogP contribution in [0.5, 0.6) is 0 Å². The average Bonchev–Trinajstić information content (AvgIpc) is 2.28. The fraction of sp³-hybridized carbons (Fsp3) is 0.833. The van der Waals surface area contributed by atoms with Crippen LogP contribution in [0.2, 0.25) is 0 Å². The summed E-state index contributed by atoms with van der Waals surface area (Å²) in [5.41, 5.74) is 5.43. The molecule has 2 rings (SSSR count). The number of likely N-dealkylation sites (tertiary alicyclic amines) is 2. The zero-order valence-corrected chi connectivity index (χ0v) is 11.2. The van der Waals surface area contributed by atoms with Gasteiger partial charge in [-0.15, -0.1) is 0 Å². The summed E-state index contributed by atoms with van der Waals surface area (Å²) in [7, 11) is 2.20. The molecule has 2 atom stereocenters. The van der Waals surface area contributed by atoms with E-state index in [0.29, 0.717) is 16.9 Å². The summed E-state index contributed by atoms with van der Waals surface area (Å²) in [5, 5.41) is 0. The summed E-state index contributed by atoms with van der Waals surface area (Å²) in [6, 6.07) is 0.664. The van der Waals surface area contributed by atoms with Gasteiger partial charge in [0, 0.05) is 19.1 Å². The monoisotopic (exact) mass is 255 g/mol. The van der Waals surface area contributed by atoms with Crippen LogP contribution in [-0.2, 0) is 4.79 Å². The van der Waals surface area contributed by atoms with Gasteiger partial charge in [-0.25, -0.2) is 0 Å². The van der Waals surface area contributed by atoms with Crippen molar-refractivity contribution in [2.24, 2.45) is 11.7 Å². The third kappa shape index (κ3) is 2.96. The molecule has 0 bridgehead atoms. The highest BCUT2D eigenvalue weighted by Gasteiger charge is 2.35. The molecule has 2 aliphatic heterocycles. The van der Waals surface area contributed by atoms with Crippen LogP contribution in [0.4, 0.5) is 0 Å². The second-order valence-corrected chi connectivity index (χ2v) is 5.75. The van der Waals surface area contributed by atoms with Gasteiger partial charge in [-0.1, -0.05) is 12.2 Å². The van der Waals surface area contributed by atoms with Crippen molar-refractivity contribution >= 4 is 23.1 Å². The Hall–Kier alpha value is -0.680. The predicted molar refractivity (Wildman–Crippen MR) is 71.7 cm³/mol. The van der Waals surface area contributed by atoms with Crippen LogP contribution in [0.3, 0.4) is 0 Å². The van der Waals surface area contributed by atoms with Gasteiger partial charge < -0.3 is 15.5 Å². The van der Waals surface area contributed by atoms with Gasteiger partial charge in [0.05, 0.1) is 11.4 Å². The fourth-order valence-electron chi connectivity index (χ4n) is 3.14. The van der Waals surface area contributed by atoms with Crippen LogP contribution in [0, 0.1) is 5.92 Å². The van der Waals surface area contributed by atoms with Crippen LogP contribution in [0.15, 0.2) is 0 Å². The highest BCUT2D eigenvalue weighted by Crippen LogP contribution is 2.29. The number of fused-ring (bicyclic) bond motifs is 1. The van der Waals surface area contributed by atoms with E-state index in [2.05, 4.69) is 11.9 Å². The minimum absolute atomic E-state index is 0.101. The number of piperidine rings is 2. The Morgan fingerprint density at radius 3 is 2.88 bits per heavy atom. The van der Waals surface area contributed by atoms with E-state index in [1.54, 1.807) is 0 Å². The Labute approximate surface area is 108 Å². The minimum atomic E-state index is 0.101. The van der Waals surface area contributed by atoms with E-state index in [1.807, 2.05) is 4.90 Å². The standard InChI is InChI=1S/C12H21N3OS/c1-14-5-2-3-9-8-15(6-4-10(9)14)12(16)7-11(13)17/h9-10H,2-8H2,1H3,(H2,13,17). The maximum Gasteiger partial charge on any atom is 0.229 e. The van der Waals surface area contributed by atoms with Crippen LogP contribution in [0.25, 0.3) is 0 Å². The maximum atomic E-state index is 11.9. The highest BCUT2D eigenvalue weighted by atomic mass is 32.1. The summed E-state index contributed by atoms with van der Waals surface area (Å²) in [6.45, 7) is 2.94. The Morgan fingerprint density at radius 1 is 1.41 bits per heavy atom. The van der Waals surface area contributed by atoms with Crippen molar-refractivity contribution in [1.29, 1.82) is 0 Å². The van der Waals surface area contributed by atoms with Gasteiger partial charge in [-0.3, -0.25) is 4.79 Å². The number of carbonyl (C=O) groups excluding carboxylic acids is 1. The van der Waals surface area contributed by atoms with Gasteiger partial charge in [0.1, 0.15) is 0 Å². The van der Waals surface area contributed by atoms with E-state index in [4.69, 9.17) is 18.0 Å². The first-order valence-electron chi connectivity index (χ1n) is 6.34. The molecule has 0 aromatic carbocycles. The number of nitrogens with two attached hydrogens (primary N) is 1. The van der Waals surface area contributed by atoms with Crippen LogP contribution in [0.1, 0.15) is 25.7 Å². The maximum absolute atomic E-state index is 11.9. The molecule has 96 valence electrons. The SMILES string of the molecule is CN1CCCC2CN(C(=O)CC(N)=S)CCC21. The lowest BCUT2D eigenvalue weighted by atomic mass is 9.84. The normalized spacial score (nSPS) is 29.8. The number of hydrogen-bond donors (Lipinski definition) is 1. The lowest BCUT2D eigenvalue weighted by Gasteiger charge is -2.46. The van der Waals surface area contributed by atoms with Gasteiger partial charge in [0.2, 0.25) is 5.91 Å². The molecule has 0 saturated carbocycles. The first kappa shape index (κ1) is 12.8. The summed E-state index contributed by atoms with van der Waals surface area (Å²) in [4.78, 5) is 16.6. The molecule has 2 fully saturated rings. The molecule has 0 aromatic heterocycles. The first-order valence-corrected chi connectivity index (χ1v) is 6.75. The van der Waals surface area contributed by atoms with E-state index < -0.39 is 0 Å². The topological polar surface area (TPSA) is 49.6 Å². The molecule has 0 spiro atoms. The minimum Gasteiger partial charge on any atom is -0.393 e. The van der Waals surface area contributed by atoms with Crippen LogP contribution < -0.4 is 5.73 Å². The Kier molecular flexibility index (Phi) is 3.99. The molecule has 1 amide bonds. The smallest absolute Gasteiger partial charge is 0.229 e. The zero-order chi connectivity index (χ0) is 12.4. The Balaban J connectivity index is 1.93. The Bertz CT molecular complexity index is 321. The number of thiocarbonyl (C=S) groups is 1. The van der Waals surface area contributed by atoms with Crippen molar-refractivity contribution in [2.45, 2.75) is 31.7 Å².